The zero-order valence-corrected chi connectivity index (χ0v) is 15.9. The molecule has 1 aliphatic heterocycles. The smallest absolute Gasteiger partial charge is 0.298 e. The monoisotopic (exact) mass is 416 g/mol. The van der Waals surface area contributed by atoms with E-state index in [0.717, 1.165) is 10.2 Å². The molecule has 0 bridgehead atoms. The number of fused-ring (bicyclic) bond motifs is 2. The molecule has 8 nitrogen and oxygen atoms in total. The van der Waals surface area contributed by atoms with E-state index >= 15 is 0 Å². The highest BCUT2D eigenvalue weighted by atomic mass is 79.9. The third-order valence-corrected chi connectivity index (χ3v) is 4.41. The fourth-order valence-corrected chi connectivity index (χ4v) is 3.26. The molecule has 1 aliphatic rings. The van der Waals surface area contributed by atoms with E-state index in [1.54, 1.807) is 17.3 Å². The van der Waals surface area contributed by atoms with Crippen molar-refractivity contribution < 1.29 is 9.53 Å². The standard InChI is InChI=1S/C17H17BrN6O2/c1-22(2)9-12-10-23(13-5-3-4-6-14(13)26-12)16(25)15-20-17-19-7-11(18)8-24(17)21-15/h3-8,12H,9-10H2,1-2H3. The maximum absolute atomic E-state index is 13.1. The van der Waals surface area contributed by atoms with Crippen LogP contribution < -0.4 is 9.64 Å². The molecule has 3 heterocycles. The van der Waals surface area contributed by atoms with E-state index in [-0.39, 0.29) is 17.8 Å². The fraction of sp³-hybridized carbons (Fsp3) is 0.294. The summed E-state index contributed by atoms with van der Waals surface area (Å²) in [6.07, 6.45) is 3.21. The van der Waals surface area contributed by atoms with E-state index < -0.39 is 0 Å². The number of para-hydroxylation sites is 2. The minimum Gasteiger partial charge on any atom is -0.485 e. The van der Waals surface area contributed by atoms with Crippen LogP contribution in [-0.2, 0) is 0 Å². The largest absolute Gasteiger partial charge is 0.485 e. The number of nitrogens with zero attached hydrogens (tertiary/aromatic N) is 6. The first-order chi connectivity index (χ1) is 12.5. The Labute approximate surface area is 158 Å². The Bertz CT molecular complexity index is 973. The van der Waals surface area contributed by atoms with Gasteiger partial charge in [-0.2, -0.15) is 4.98 Å². The second-order valence-electron chi connectivity index (χ2n) is 6.34. The van der Waals surface area contributed by atoms with Crippen LogP contribution in [0.2, 0.25) is 0 Å². The Kier molecular flexibility index (Phi) is 4.33. The molecule has 2 aromatic heterocycles. The molecular formula is C17H17BrN6O2. The number of amides is 1. The maximum atomic E-state index is 13.1. The molecule has 0 saturated carbocycles. The van der Waals surface area contributed by atoms with Crippen molar-refractivity contribution >= 4 is 33.3 Å². The Morgan fingerprint density at radius 3 is 3.00 bits per heavy atom. The molecule has 4 rings (SSSR count). The summed E-state index contributed by atoms with van der Waals surface area (Å²) in [7, 11) is 3.95. The maximum Gasteiger partial charge on any atom is 0.298 e. The zero-order chi connectivity index (χ0) is 18.3. The van der Waals surface area contributed by atoms with Crippen LogP contribution >= 0.6 is 15.9 Å². The zero-order valence-electron chi connectivity index (χ0n) is 14.3. The van der Waals surface area contributed by atoms with E-state index in [9.17, 15) is 4.79 Å². The summed E-state index contributed by atoms with van der Waals surface area (Å²) >= 11 is 3.34. The SMILES string of the molecule is CN(C)CC1CN(C(=O)c2nc3ncc(Br)cn3n2)c2ccccc2O1. The lowest BCUT2D eigenvalue weighted by Crippen LogP contribution is -2.47. The highest BCUT2D eigenvalue weighted by Gasteiger charge is 2.32. The first-order valence-corrected chi connectivity index (χ1v) is 8.91. The van der Waals surface area contributed by atoms with Crippen LogP contribution in [0.15, 0.2) is 41.1 Å². The Balaban J connectivity index is 1.70. The predicted molar refractivity (Wildman–Crippen MR) is 99.6 cm³/mol. The summed E-state index contributed by atoms with van der Waals surface area (Å²) in [6.45, 7) is 1.13. The lowest BCUT2D eigenvalue weighted by molar-refractivity contribution is 0.0931. The molecular weight excluding hydrogens is 400 g/mol. The molecule has 0 N–H and O–H groups in total. The van der Waals surface area contributed by atoms with Gasteiger partial charge in [0.05, 0.1) is 16.7 Å². The third kappa shape index (κ3) is 3.15. The Hall–Kier alpha value is -2.52. The normalized spacial score (nSPS) is 16.6. The third-order valence-electron chi connectivity index (χ3n) is 4.00. The quantitative estimate of drug-likeness (QED) is 0.648. The topological polar surface area (TPSA) is 75.9 Å². The van der Waals surface area contributed by atoms with Crippen molar-refractivity contribution in [1.82, 2.24) is 24.5 Å². The van der Waals surface area contributed by atoms with Crippen LogP contribution in [0.5, 0.6) is 5.75 Å². The van der Waals surface area contributed by atoms with Crippen molar-refractivity contribution in [1.29, 1.82) is 0 Å². The summed E-state index contributed by atoms with van der Waals surface area (Å²) in [5.41, 5.74) is 0.723. The summed E-state index contributed by atoms with van der Waals surface area (Å²) in [4.78, 5) is 25.3. The van der Waals surface area contributed by atoms with Gasteiger partial charge in [0.2, 0.25) is 5.82 Å². The molecule has 0 radical (unpaired) electrons. The van der Waals surface area contributed by atoms with Crippen molar-refractivity contribution in [3.05, 3.63) is 47.0 Å². The van der Waals surface area contributed by atoms with Crippen molar-refractivity contribution in [2.75, 3.05) is 32.1 Å². The van der Waals surface area contributed by atoms with E-state index in [1.165, 1.54) is 4.52 Å². The number of likely N-dealkylation sites (N-methyl/N-ethyl adjacent to an activating group) is 1. The summed E-state index contributed by atoms with van der Waals surface area (Å²) in [6, 6.07) is 7.51. The van der Waals surface area contributed by atoms with Gasteiger partial charge in [0.1, 0.15) is 11.9 Å². The molecule has 134 valence electrons. The number of rotatable bonds is 3. The second-order valence-corrected chi connectivity index (χ2v) is 7.25. The van der Waals surface area contributed by atoms with Gasteiger partial charge in [-0.3, -0.25) is 9.69 Å². The summed E-state index contributed by atoms with van der Waals surface area (Å²) < 4.78 is 8.28. The number of carbonyl (C=O) groups is 1. The number of halogens is 1. The minimum absolute atomic E-state index is 0.107. The van der Waals surface area contributed by atoms with Gasteiger partial charge in [-0.25, -0.2) is 9.50 Å². The molecule has 0 saturated heterocycles. The average Bonchev–Trinajstić information content (AvgIpc) is 3.03. The van der Waals surface area contributed by atoms with Crippen molar-refractivity contribution in [3.8, 4) is 5.75 Å². The molecule has 9 heteroatoms. The molecule has 1 atom stereocenters. The lowest BCUT2D eigenvalue weighted by Gasteiger charge is -2.35. The molecule has 0 spiro atoms. The summed E-state index contributed by atoms with van der Waals surface area (Å²) in [5.74, 6) is 0.897. The fourth-order valence-electron chi connectivity index (χ4n) is 2.96. The number of aromatic nitrogens is 4. The van der Waals surface area contributed by atoms with E-state index in [4.69, 9.17) is 4.74 Å². The first kappa shape index (κ1) is 16.9. The van der Waals surface area contributed by atoms with Crippen molar-refractivity contribution in [3.63, 3.8) is 0 Å². The number of ether oxygens (including phenoxy) is 1. The van der Waals surface area contributed by atoms with Crippen molar-refractivity contribution in [2.24, 2.45) is 0 Å². The second kappa shape index (κ2) is 6.65. The first-order valence-electron chi connectivity index (χ1n) is 8.11. The molecule has 1 amide bonds. The number of carbonyl (C=O) groups excluding carboxylic acids is 1. The van der Waals surface area contributed by atoms with E-state index in [2.05, 4.69) is 31.0 Å². The van der Waals surface area contributed by atoms with Crippen LogP contribution in [0.25, 0.3) is 5.78 Å². The molecule has 0 fully saturated rings. The number of anilines is 1. The van der Waals surface area contributed by atoms with E-state index in [0.29, 0.717) is 24.6 Å². The lowest BCUT2D eigenvalue weighted by atomic mass is 10.1. The van der Waals surface area contributed by atoms with Crippen LogP contribution in [-0.4, -0.2) is 63.7 Å². The molecule has 26 heavy (non-hydrogen) atoms. The number of hydrogen-bond acceptors (Lipinski definition) is 6. The van der Waals surface area contributed by atoms with Gasteiger partial charge in [-0.1, -0.05) is 12.1 Å². The van der Waals surface area contributed by atoms with Gasteiger partial charge in [0.25, 0.3) is 11.7 Å². The highest BCUT2D eigenvalue weighted by molar-refractivity contribution is 9.10. The molecule has 0 aliphatic carbocycles. The van der Waals surface area contributed by atoms with Gasteiger partial charge in [-0.15, -0.1) is 5.10 Å². The predicted octanol–water partition coefficient (Wildman–Crippen LogP) is 1.86. The van der Waals surface area contributed by atoms with Crippen molar-refractivity contribution in [2.45, 2.75) is 6.10 Å². The van der Waals surface area contributed by atoms with Gasteiger partial charge < -0.3 is 9.64 Å². The van der Waals surface area contributed by atoms with Gasteiger partial charge >= 0.3 is 0 Å². The average molecular weight is 417 g/mol. The highest BCUT2D eigenvalue weighted by Crippen LogP contribution is 2.33. The minimum atomic E-state index is -0.272. The van der Waals surface area contributed by atoms with Crippen LogP contribution in [0, 0.1) is 0 Å². The van der Waals surface area contributed by atoms with Crippen LogP contribution in [0.3, 0.4) is 0 Å². The van der Waals surface area contributed by atoms with Gasteiger partial charge in [0.15, 0.2) is 0 Å². The van der Waals surface area contributed by atoms with Gasteiger partial charge in [0, 0.05) is 18.9 Å². The molecule has 3 aromatic rings. The molecule has 1 aromatic carbocycles. The van der Waals surface area contributed by atoms with Crippen LogP contribution in [0.4, 0.5) is 5.69 Å². The van der Waals surface area contributed by atoms with E-state index in [1.807, 2.05) is 43.3 Å². The molecule has 1 unspecified atom stereocenters. The Morgan fingerprint density at radius 1 is 1.38 bits per heavy atom. The van der Waals surface area contributed by atoms with Gasteiger partial charge in [-0.05, 0) is 42.2 Å². The number of benzene rings is 1. The summed E-state index contributed by atoms with van der Waals surface area (Å²) in [5, 5.41) is 4.28. The Morgan fingerprint density at radius 2 is 2.19 bits per heavy atom. The number of hydrogen-bond donors (Lipinski definition) is 0. The van der Waals surface area contributed by atoms with Crippen LogP contribution in [0.1, 0.15) is 10.6 Å².